The highest BCUT2D eigenvalue weighted by Gasteiger charge is 2.19. The first-order chi connectivity index (χ1) is 13.9. The lowest BCUT2D eigenvalue weighted by atomic mass is 10.1. The molecular weight excluding hydrogens is 368 g/mol. The Morgan fingerprint density at radius 2 is 1.79 bits per heavy atom. The largest absolute Gasteiger partial charge is 0.493 e. The van der Waals surface area contributed by atoms with E-state index in [0.717, 1.165) is 11.3 Å². The van der Waals surface area contributed by atoms with Gasteiger partial charge in [0.05, 0.1) is 19.0 Å². The Morgan fingerprint density at radius 3 is 2.45 bits per heavy atom. The highest BCUT2D eigenvalue weighted by molar-refractivity contribution is 6.05. The van der Waals surface area contributed by atoms with Crippen LogP contribution in [-0.4, -0.2) is 28.7 Å². The fraction of sp³-hybridized carbons (Fsp3) is 0.227. The van der Waals surface area contributed by atoms with Crippen LogP contribution < -0.4 is 15.4 Å². The van der Waals surface area contributed by atoms with Crippen molar-refractivity contribution in [2.45, 2.75) is 20.8 Å². The van der Waals surface area contributed by atoms with E-state index in [1.54, 1.807) is 23.0 Å². The topological polar surface area (TPSA) is 85.2 Å². The van der Waals surface area contributed by atoms with E-state index in [2.05, 4.69) is 15.7 Å². The molecule has 1 heterocycles. The Kier molecular flexibility index (Phi) is 5.97. The van der Waals surface area contributed by atoms with Crippen molar-refractivity contribution in [1.82, 2.24) is 9.78 Å². The Labute approximate surface area is 169 Å². The quantitative estimate of drug-likeness (QED) is 0.663. The van der Waals surface area contributed by atoms with Crippen LogP contribution >= 0.6 is 0 Å². The van der Waals surface area contributed by atoms with Crippen LogP contribution in [0.3, 0.4) is 0 Å². The molecule has 29 heavy (non-hydrogen) atoms. The molecule has 1 aromatic heterocycles. The number of methoxy groups -OCH3 is 1. The Balaban J connectivity index is 1.85. The van der Waals surface area contributed by atoms with Crippen LogP contribution in [0.5, 0.6) is 5.75 Å². The van der Waals surface area contributed by atoms with Crippen LogP contribution in [0.2, 0.25) is 0 Å². The Hall–Kier alpha value is -3.61. The summed E-state index contributed by atoms with van der Waals surface area (Å²) in [5, 5.41) is 10.1. The summed E-state index contributed by atoms with van der Waals surface area (Å²) in [5.41, 5.74) is 3.06. The average molecular weight is 392 g/mol. The summed E-state index contributed by atoms with van der Waals surface area (Å²) >= 11 is 0. The molecule has 3 aromatic rings. The molecular formula is C22H24N4O3. The zero-order valence-corrected chi connectivity index (χ0v) is 16.9. The smallest absolute Gasteiger partial charge is 0.280 e. The number of nitrogens with one attached hydrogen (secondary N) is 2. The maximum absolute atomic E-state index is 12.9. The van der Waals surface area contributed by atoms with Crippen molar-refractivity contribution in [2.75, 3.05) is 17.7 Å². The van der Waals surface area contributed by atoms with Crippen molar-refractivity contribution in [1.29, 1.82) is 0 Å². The molecule has 0 saturated carbocycles. The second-order valence-corrected chi connectivity index (χ2v) is 6.95. The normalized spacial score (nSPS) is 10.7. The monoisotopic (exact) mass is 392 g/mol. The van der Waals surface area contributed by atoms with Gasteiger partial charge >= 0.3 is 0 Å². The van der Waals surface area contributed by atoms with E-state index >= 15 is 0 Å². The van der Waals surface area contributed by atoms with Crippen LogP contribution in [0.25, 0.3) is 5.69 Å². The maximum Gasteiger partial charge on any atom is 0.280 e. The summed E-state index contributed by atoms with van der Waals surface area (Å²) in [6, 6.07) is 14.8. The Bertz CT molecular complexity index is 1030. The average Bonchev–Trinajstić information content (AvgIpc) is 3.15. The van der Waals surface area contributed by atoms with Crippen molar-refractivity contribution >= 4 is 23.2 Å². The molecule has 0 aliphatic carbocycles. The molecule has 0 aliphatic rings. The molecule has 150 valence electrons. The minimum atomic E-state index is -0.396. The fourth-order valence-corrected chi connectivity index (χ4v) is 2.68. The number of hydrogen-bond donors (Lipinski definition) is 2. The maximum atomic E-state index is 12.9. The number of hydrogen-bond acceptors (Lipinski definition) is 4. The minimum absolute atomic E-state index is 0.0885. The minimum Gasteiger partial charge on any atom is -0.493 e. The highest BCUT2D eigenvalue weighted by Crippen LogP contribution is 2.24. The van der Waals surface area contributed by atoms with Gasteiger partial charge in [0.25, 0.3) is 5.91 Å². The number of aryl methyl sites for hydroxylation is 1. The van der Waals surface area contributed by atoms with Gasteiger partial charge in [-0.3, -0.25) is 9.59 Å². The summed E-state index contributed by atoms with van der Waals surface area (Å²) in [6.45, 7) is 5.52. The molecule has 0 saturated heterocycles. The summed E-state index contributed by atoms with van der Waals surface area (Å²) in [4.78, 5) is 24.8. The summed E-state index contributed by atoms with van der Waals surface area (Å²) < 4.78 is 6.94. The third-order valence-corrected chi connectivity index (χ3v) is 4.41. The third-order valence-electron chi connectivity index (χ3n) is 4.41. The molecule has 7 nitrogen and oxygen atoms in total. The second kappa shape index (κ2) is 8.60. The van der Waals surface area contributed by atoms with Crippen LogP contribution in [-0.2, 0) is 4.79 Å². The zero-order chi connectivity index (χ0) is 21.0. The fourth-order valence-electron chi connectivity index (χ4n) is 2.68. The summed E-state index contributed by atoms with van der Waals surface area (Å²) in [7, 11) is 1.50. The van der Waals surface area contributed by atoms with E-state index in [1.807, 2.05) is 57.2 Å². The molecule has 0 atom stereocenters. The van der Waals surface area contributed by atoms with Crippen molar-refractivity contribution in [3.8, 4) is 11.4 Å². The number of amides is 2. The van der Waals surface area contributed by atoms with Gasteiger partial charge in [0, 0.05) is 17.3 Å². The van der Waals surface area contributed by atoms with Gasteiger partial charge in [0.2, 0.25) is 5.91 Å². The van der Waals surface area contributed by atoms with Crippen molar-refractivity contribution in [3.63, 3.8) is 0 Å². The second-order valence-electron chi connectivity index (χ2n) is 6.95. The number of para-hydroxylation sites is 1. The van der Waals surface area contributed by atoms with Crippen molar-refractivity contribution in [3.05, 3.63) is 66.0 Å². The van der Waals surface area contributed by atoms with Crippen LogP contribution in [0.15, 0.2) is 54.7 Å². The molecule has 2 aromatic carbocycles. The van der Waals surface area contributed by atoms with Gasteiger partial charge in [-0.1, -0.05) is 38.1 Å². The first-order valence-corrected chi connectivity index (χ1v) is 9.31. The lowest BCUT2D eigenvalue weighted by molar-refractivity contribution is -0.118. The Morgan fingerprint density at radius 1 is 1.07 bits per heavy atom. The highest BCUT2D eigenvalue weighted by atomic mass is 16.5. The number of ether oxygens (including phenoxy) is 1. The molecule has 0 aliphatic heterocycles. The summed E-state index contributed by atoms with van der Waals surface area (Å²) in [6.07, 6.45) is 1.66. The number of carbonyl (C=O) groups is 2. The van der Waals surface area contributed by atoms with Gasteiger partial charge in [-0.25, -0.2) is 4.68 Å². The van der Waals surface area contributed by atoms with Gasteiger partial charge in [-0.05, 0) is 36.8 Å². The van der Waals surface area contributed by atoms with E-state index in [0.29, 0.717) is 17.1 Å². The number of benzene rings is 2. The molecule has 0 fully saturated rings. The number of rotatable bonds is 6. The number of aromatic nitrogens is 2. The van der Waals surface area contributed by atoms with Gasteiger partial charge in [-0.15, -0.1) is 0 Å². The molecule has 3 rings (SSSR count). The van der Waals surface area contributed by atoms with Crippen LogP contribution in [0, 0.1) is 12.8 Å². The number of nitrogens with zero attached hydrogens (tertiary/aromatic N) is 2. The molecule has 0 unspecified atom stereocenters. The van der Waals surface area contributed by atoms with E-state index in [4.69, 9.17) is 4.74 Å². The predicted molar refractivity (Wildman–Crippen MR) is 113 cm³/mol. The first kappa shape index (κ1) is 20.1. The van der Waals surface area contributed by atoms with E-state index in [9.17, 15) is 9.59 Å². The van der Waals surface area contributed by atoms with E-state index < -0.39 is 5.91 Å². The molecule has 0 bridgehead atoms. The molecule has 2 amide bonds. The van der Waals surface area contributed by atoms with Crippen LogP contribution in [0.4, 0.5) is 11.4 Å². The summed E-state index contributed by atoms with van der Waals surface area (Å²) in [5.74, 6) is -0.254. The lowest BCUT2D eigenvalue weighted by Gasteiger charge is -2.12. The first-order valence-electron chi connectivity index (χ1n) is 9.31. The number of anilines is 2. The standard InChI is InChI=1S/C22H24N4O3/c1-14(2)21(27)23-16-11-10-15(3)18(12-16)24-22(28)20-19(29-4)13-26(25-20)17-8-6-5-7-9-17/h5-14H,1-4H3,(H,23,27)(H,24,28). The zero-order valence-electron chi connectivity index (χ0n) is 16.9. The molecule has 7 heteroatoms. The van der Waals surface area contributed by atoms with Crippen molar-refractivity contribution in [2.24, 2.45) is 5.92 Å². The van der Waals surface area contributed by atoms with Gasteiger partial charge < -0.3 is 15.4 Å². The molecule has 0 radical (unpaired) electrons. The molecule has 0 spiro atoms. The predicted octanol–water partition coefficient (Wildman–Crippen LogP) is 4.04. The van der Waals surface area contributed by atoms with Crippen LogP contribution in [0.1, 0.15) is 29.9 Å². The van der Waals surface area contributed by atoms with E-state index in [1.165, 1.54) is 7.11 Å². The SMILES string of the molecule is COc1cn(-c2ccccc2)nc1C(=O)Nc1cc(NC(=O)C(C)C)ccc1C. The third kappa shape index (κ3) is 4.63. The van der Waals surface area contributed by atoms with Gasteiger partial charge in [0.15, 0.2) is 11.4 Å². The van der Waals surface area contributed by atoms with E-state index in [-0.39, 0.29) is 17.5 Å². The van der Waals surface area contributed by atoms with Crippen molar-refractivity contribution < 1.29 is 14.3 Å². The van der Waals surface area contributed by atoms with Gasteiger partial charge in [0.1, 0.15) is 0 Å². The lowest BCUT2D eigenvalue weighted by Crippen LogP contribution is -2.18. The number of carbonyl (C=O) groups excluding carboxylic acids is 2. The van der Waals surface area contributed by atoms with Gasteiger partial charge in [-0.2, -0.15) is 5.10 Å². The molecule has 2 N–H and O–H groups in total.